The maximum Gasteiger partial charge on any atom is 0.242 e. The molecule has 0 aromatic heterocycles. The third kappa shape index (κ3) is 4.69. The molecule has 2 rings (SSSR count). The molecule has 0 bridgehead atoms. The van der Waals surface area contributed by atoms with Crippen molar-refractivity contribution >= 4 is 15.7 Å². The van der Waals surface area contributed by atoms with Crippen molar-refractivity contribution in [2.24, 2.45) is 0 Å². The van der Waals surface area contributed by atoms with Crippen LogP contribution in [0, 0.1) is 0 Å². The largest absolute Gasteiger partial charge is 0.384 e. The molecule has 1 heterocycles. The van der Waals surface area contributed by atoms with Gasteiger partial charge in [-0.1, -0.05) is 19.1 Å². The molecule has 21 heavy (non-hydrogen) atoms. The highest BCUT2D eigenvalue weighted by Gasteiger charge is 2.18. The molecule has 0 unspecified atom stereocenters. The Morgan fingerprint density at radius 3 is 2.57 bits per heavy atom. The molecule has 1 aliphatic heterocycles. The molecule has 1 aromatic rings. The minimum atomic E-state index is -3.45. The second-order valence-electron chi connectivity index (χ2n) is 5.37. The normalized spacial score (nSPS) is 16.2. The van der Waals surface area contributed by atoms with Gasteiger partial charge in [-0.25, -0.2) is 13.1 Å². The maximum absolute atomic E-state index is 12.4. The molecular formula is C15H25N3O2S. The van der Waals surface area contributed by atoms with Crippen LogP contribution in [0.1, 0.15) is 26.2 Å². The summed E-state index contributed by atoms with van der Waals surface area (Å²) in [5, 5.41) is 3.17. The molecule has 0 radical (unpaired) electrons. The first kappa shape index (κ1) is 16.3. The molecule has 0 spiro atoms. The second kappa shape index (κ2) is 7.77. The summed E-state index contributed by atoms with van der Waals surface area (Å²) < 4.78 is 27.6. The van der Waals surface area contributed by atoms with Gasteiger partial charge >= 0.3 is 0 Å². The molecule has 1 fully saturated rings. The fourth-order valence-corrected chi connectivity index (χ4v) is 3.73. The van der Waals surface area contributed by atoms with Crippen molar-refractivity contribution in [3.63, 3.8) is 0 Å². The molecule has 5 nitrogen and oxygen atoms in total. The quantitative estimate of drug-likeness (QED) is 0.769. The van der Waals surface area contributed by atoms with Crippen molar-refractivity contribution in [3.8, 4) is 0 Å². The predicted molar refractivity (Wildman–Crippen MR) is 86.1 cm³/mol. The molecule has 1 aliphatic rings. The summed E-state index contributed by atoms with van der Waals surface area (Å²) in [5.74, 6) is 0. The summed E-state index contributed by atoms with van der Waals surface area (Å²) in [6, 6.07) is 7.06. The van der Waals surface area contributed by atoms with E-state index in [0.29, 0.717) is 17.1 Å². The van der Waals surface area contributed by atoms with Crippen LogP contribution in [0.5, 0.6) is 0 Å². The summed E-state index contributed by atoms with van der Waals surface area (Å²) >= 11 is 0. The van der Waals surface area contributed by atoms with Crippen LogP contribution in [0.25, 0.3) is 0 Å². The number of nitrogens with one attached hydrogen (secondary N) is 2. The van der Waals surface area contributed by atoms with Gasteiger partial charge in [-0.2, -0.15) is 0 Å². The number of likely N-dealkylation sites (tertiary alicyclic amines) is 1. The van der Waals surface area contributed by atoms with E-state index in [1.165, 1.54) is 12.8 Å². The Morgan fingerprint density at radius 1 is 1.14 bits per heavy atom. The maximum atomic E-state index is 12.4. The van der Waals surface area contributed by atoms with E-state index in [0.717, 1.165) is 32.6 Å². The van der Waals surface area contributed by atoms with Crippen LogP contribution >= 0.6 is 0 Å². The van der Waals surface area contributed by atoms with Crippen LogP contribution in [0.2, 0.25) is 0 Å². The van der Waals surface area contributed by atoms with E-state index in [1.54, 1.807) is 12.1 Å². The zero-order valence-electron chi connectivity index (χ0n) is 12.6. The van der Waals surface area contributed by atoms with Gasteiger partial charge in [0.15, 0.2) is 0 Å². The topological polar surface area (TPSA) is 61.4 Å². The number of hydrogen-bond acceptors (Lipinski definition) is 4. The van der Waals surface area contributed by atoms with Gasteiger partial charge in [-0.15, -0.1) is 0 Å². The van der Waals surface area contributed by atoms with Crippen LogP contribution in [0.3, 0.4) is 0 Å². The van der Waals surface area contributed by atoms with E-state index in [9.17, 15) is 8.42 Å². The molecule has 2 N–H and O–H groups in total. The van der Waals surface area contributed by atoms with Crippen molar-refractivity contribution in [2.45, 2.75) is 31.1 Å². The molecule has 0 atom stereocenters. The Morgan fingerprint density at radius 2 is 1.86 bits per heavy atom. The minimum Gasteiger partial charge on any atom is -0.384 e. The predicted octanol–water partition coefficient (Wildman–Crippen LogP) is 1.88. The number of anilines is 1. The van der Waals surface area contributed by atoms with Gasteiger partial charge in [-0.3, -0.25) is 0 Å². The lowest BCUT2D eigenvalue weighted by atomic mass is 10.3. The summed E-state index contributed by atoms with van der Waals surface area (Å²) in [4.78, 5) is 2.63. The molecular weight excluding hydrogens is 286 g/mol. The number of benzene rings is 1. The van der Waals surface area contributed by atoms with E-state index in [2.05, 4.69) is 21.9 Å². The van der Waals surface area contributed by atoms with E-state index < -0.39 is 10.0 Å². The zero-order valence-corrected chi connectivity index (χ0v) is 13.5. The summed E-state index contributed by atoms with van der Waals surface area (Å²) in [5.41, 5.74) is 0.674. The lowest BCUT2D eigenvalue weighted by Crippen LogP contribution is -2.33. The van der Waals surface area contributed by atoms with Crippen molar-refractivity contribution in [2.75, 3.05) is 38.0 Å². The Kier molecular flexibility index (Phi) is 6.02. The zero-order chi connectivity index (χ0) is 15.1. The fraction of sp³-hybridized carbons (Fsp3) is 0.600. The van der Waals surface area contributed by atoms with Crippen LogP contribution in [-0.2, 0) is 10.0 Å². The smallest absolute Gasteiger partial charge is 0.242 e. The van der Waals surface area contributed by atoms with E-state index in [4.69, 9.17) is 0 Å². The first-order chi connectivity index (χ1) is 10.1. The first-order valence-electron chi connectivity index (χ1n) is 7.68. The number of para-hydroxylation sites is 1. The van der Waals surface area contributed by atoms with Crippen molar-refractivity contribution in [1.29, 1.82) is 0 Å². The van der Waals surface area contributed by atoms with Gasteiger partial charge in [0.25, 0.3) is 0 Å². The Labute approximate surface area is 127 Å². The van der Waals surface area contributed by atoms with Crippen molar-refractivity contribution < 1.29 is 8.42 Å². The number of nitrogens with zero attached hydrogens (tertiary/aromatic N) is 1. The molecule has 0 saturated carbocycles. The van der Waals surface area contributed by atoms with Gasteiger partial charge in [0.2, 0.25) is 10.0 Å². The second-order valence-corrected chi connectivity index (χ2v) is 7.10. The van der Waals surface area contributed by atoms with E-state index in [1.807, 2.05) is 12.1 Å². The van der Waals surface area contributed by atoms with E-state index >= 15 is 0 Å². The number of sulfonamides is 1. The Hall–Kier alpha value is -1.11. The fourth-order valence-electron chi connectivity index (χ4n) is 2.53. The van der Waals surface area contributed by atoms with Gasteiger partial charge < -0.3 is 10.2 Å². The Bertz CT molecular complexity index is 540. The summed E-state index contributed by atoms with van der Waals surface area (Å²) in [7, 11) is -3.45. The SMILES string of the molecule is CCCNc1ccccc1S(=O)(=O)NCCN1CCCC1. The Balaban J connectivity index is 1.97. The molecule has 1 aromatic carbocycles. The van der Waals surface area contributed by atoms with Crippen molar-refractivity contribution in [1.82, 2.24) is 9.62 Å². The monoisotopic (exact) mass is 311 g/mol. The average molecular weight is 311 g/mol. The van der Waals surface area contributed by atoms with Crippen molar-refractivity contribution in [3.05, 3.63) is 24.3 Å². The minimum absolute atomic E-state index is 0.333. The van der Waals surface area contributed by atoms with Crippen LogP contribution in [-0.4, -0.2) is 46.0 Å². The highest BCUT2D eigenvalue weighted by molar-refractivity contribution is 7.89. The molecule has 0 aliphatic carbocycles. The molecule has 6 heteroatoms. The van der Waals surface area contributed by atoms with E-state index in [-0.39, 0.29) is 0 Å². The van der Waals surface area contributed by atoms with Gasteiger partial charge in [0, 0.05) is 19.6 Å². The summed E-state index contributed by atoms with van der Waals surface area (Å²) in [6.45, 7) is 6.22. The molecule has 0 amide bonds. The lowest BCUT2D eigenvalue weighted by Gasteiger charge is -2.16. The molecule has 118 valence electrons. The number of rotatable bonds is 8. The third-order valence-electron chi connectivity index (χ3n) is 3.66. The van der Waals surface area contributed by atoms with Gasteiger partial charge in [0.1, 0.15) is 4.90 Å². The highest BCUT2D eigenvalue weighted by atomic mass is 32.2. The van der Waals surface area contributed by atoms with Crippen LogP contribution in [0.15, 0.2) is 29.2 Å². The standard InChI is InChI=1S/C15H25N3O2S/c1-2-9-16-14-7-3-4-8-15(14)21(19,20)17-10-13-18-11-5-6-12-18/h3-4,7-8,16-17H,2,5-6,9-13H2,1H3. The third-order valence-corrected chi connectivity index (χ3v) is 5.18. The first-order valence-corrected chi connectivity index (χ1v) is 9.16. The lowest BCUT2D eigenvalue weighted by molar-refractivity contribution is 0.344. The van der Waals surface area contributed by atoms with Crippen LogP contribution in [0.4, 0.5) is 5.69 Å². The highest BCUT2D eigenvalue weighted by Crippen LogP contribution is 2.20. The van der Waals surface area contributed by atoms with Crippen LogP contribution < -0.4 is 10.0 Å². The number of hydrogen-bond donors (Lipinski definition) is 2. The summed E-state index contributed by atoms with van der Waals surface area (Å²) in [6.07, 6.45) is 3.39. The van der Waals surface area contributed by atoms with Gasteiger partial charge in [0.05, 0.1) is 5.69 Å². The molecule has 1 saturated heterocycles. The van der Waals surface area contributed by atoms with Gasteiger partial charge in [-0.05, 0) is 44.5 Å². The average Bonchev–Trinajstić information content (AvgIpc) is 2.98.